The van der Waals surface area contributed by atoms with Gasteiger partial charge in [0, 0.05) is 11.1 Å². The Morgan fingerprint density at radius 1 is 1.39 bits per heavy atom. The molecule has 0 bridgehead atoms. The van der Waals surface area contributed by atoms with E-state index in [0.29, 0.717) is 24.3 Å². The molecule has 3 nitrogen and oxygen atoms in total. The fourth-order valence-electron chi connectivity index (χ4n) is 1.71. The minimum Gasteiger partial charge on any atom is -0.496 e. The highest BCUT2D eigenvalue weighted by molar-refractivity contribution is 5.35. The van der Waals surface area contributed by atoms with Gasteiger partial charge in [0.25, 0.3) is 0 Å². The lowest BCUT2D eigenvalue weighted by Gasteiger charge is -2.22. The van der Waals surface area contributed by atoms with Crippen LogP contribution in [0.4, 0.5) is 4.39 Å². The fraction of sp³-hybridized carbons (Fsp3) is 0.571. The van der Waals surface area contributed by atoms with E-state index >= 15 is 0 Å². The van der Waals surface area contributed by atoms with Gasteiger partial charge in [-0.2, -0.15) is 0 Å². The van der Waals surface area contributed by atoms with Crippen LogP contribution in [0.1, 0.15) is 38.9 Å². The van der Waals surface area contributed by atoms with Gasteiger partial charge in [-0.05, 0) is 51.9 Å². The molecule has 18 heavy (non-hydrogen) atoms. The van der Waals surface area contributed by atoms with Gasteiger partial charge in [-0.1, -0.05) is 0 Å². The summed E-state index contributed by atoms with van der Waals surface area (Å²) in [5, 5.41) is 13.3. The topological polar surface area (TPSA) is 41.5 Å². The largest absolute Gasteiger partial charge is 0.496 e. The molecule has 2 N–H and O–H groups in total. The van der Waals surface area contributed by atoms with Crippen molar-refractivity contribution in [1.82, 2.24) is 5.32 Å². The van der Waals surface area contributed by atoms with Gasteiger partial charge in [0.15, 0.2) is 0 Å². The number of rotatable bonds is 5. The molecule has 0 heterocycles. The molecule has 0 saturated carbocycles. The third-order valence-electron chi connectivity index (χ3n) is 2.62. The Hall–Kier alpha value is -1.13. The molecular weight excluding hydrogens is 233 g/mol. The average Bonchev–Trinajstić information content (AvgIpc) is 2.27. The molecular formula is C14H22FNO2. The number of benzene rings is 1. The van der Waals surface area contributed by atoms with Crippen LogP contribution in [0.3, 0.4) is 0 Å². The highest BCUT2D eigenvalue weighted by Gasteiger charge is 2.15. The Morgan fingerprint density at radius 3 is 2.61 bits per heavy atom. The Balaban J connectivity index is 2.66. The van der Waals surface area contributed by atoms with E-state index in [1.165, 1.54) is 25.3 Å². The Labute approximate surface area is 108 Å². The molecule has 1 atom stereocenters. The number of halogens is 1. The van der Waals surface area contributed by atoms with E-state index in [1.54, 1.807) is 0 Å². The molecule has 0 aliphatic carbocycles. The van der Waals surface area contributed by atoms with Crippen LogP contribution in [0.2, 0.25) is 0 Å². The van der Waals surface area contributed by atoms with Crippen LogP contribution in [0.25, 0.3) is 0 Å². The number of hydrogen-bond donors (Lipinski definition) is 2. The molecule has 0 spiro atoms. The molecule has 1 rings (SSSR count). The SMILES string of the molecule is COc1ccc(F)cc1C(O)CCNC(C)(C)C. The summed E-state index contributed by atoms with van der Waals surface area (Å²) >= 11 is 0. The van der Waals surface area contributed by atoms with Gasteiger partial charge < -0.3 is 15.2 Å². The van der Waals surface area contributed by atoms with Crippen molar-refractivity contribution in [2.24, 2.45) is 0 Å². The predicted molar refractivity (Wildman–Crippen MR) is 70.3 cm³/mol. The van der Waals surface area contributed by atoms with Gasteiger partial charge in [-0.3, -0.25) is 0 Å². The molecule has 0 radical (unpaired) electrons. The zero-order valence-corrected chi connectivity index (χ0v) is 11.5. The maximum Gasteiger partial charge on any atom is 0.124 e. The van der Waals surface area contributed by atoms with Crippen molar-refractivity contribution in [3.05, 3.63) is 29.6 Å². The standard InChI is InChI=1S/C14H22FNO2/c1-14(2,3)16-8-7-12(17)11-9-10(15)5-6-13(11)18-4/h5-6,9,12,16-17H,7-8H2,1-4H3. The third-order valence-corrected chi connectivity index (χ3v) is 2.62. The summed E-state index contributed by atoms with van der Waals surface area (Å²) in [6.45, 7) is 6.83. The van der Waals surface area contributed by atoms with Crippen LogP contribution in [-0.2, 0) is 0 Å². The first-order valence-electron chi connectivity index (χ1n) is 6.10. The van der Waals surface area contributed by atoms with Gasteiger partial charge in [0.05, 0.1) is 13.2 Å². The first-order chi connectivity index (χ1) is 8.33. The van der Waals surface area contributed by atoms with E-state index in [9.17, 15) is 9.50 Å². The first kappa shape index (κ1) is 14.9. The molecule has 0 aliphatic heterocycles. The van der Waals surface area contributed by atoms with Crippen molar-refractivity contribution in [3.8, 4) is 5.75 Å². The number of aliphatic hydroxyl groups excluding tert-OH is 1. The van der Waals surface area contributed by atoms with Crippen LogP contribution in [0, 0.1) is 5.82 Å². The fourth-order valence-corrected chi connectivity index (χ4v) is 1.71. The molecule has 0 amide bonds. The summed E-state index contributed by atoms with van der Waals surface area (Å²) in [5.74, 6) is 0.147. The second-order valence-electron chi connectivity index (χ2n) is 5.37. The smallest absolute Gasteiger partial charge is 0.124 e. The summed E-state index contributed by atoms with van der Waals surface area (Å²) in [4.78, 5) is 0. The molecule has 1 unspecified atom stereocenters. The van der Waals surface area contributed by atoms with Crippen molar-refractivity contribution in [2.45, 2.75) is 38.8 Å². The second kappa shape index (κ2) is 6.16. The lowest BCUT2D eigenvalue weighted by atomic mass is 10.0. The van der Waals surface area contributed by atoms with Crippen molar-refractivity contribution < 1.29 is 14.2 Å². The molecule has 0 aromatic heterocycles. The predicted octanol–water partition coefficient (Wildman–Crippen LogP) is 2.65. The normalized spacial score (nSPS) is 13.4. The van der Waals surface area contributed by atoms with Gasteiger partial charge in [-0.25, -0.2) is 4.39 Å². The van der Waals surface area contributed by atoms with Gasteiger partial charge in [0.2, 0.25) is 0 Å². The van der Waals surface area contributed by atoms with Crippen molar-refractivity contribution in [3.63, 3.8) is 0 Å². The van der Waals surface area contributed by atoms with Crippen LogP contribution in [-0.4, -0.2) is 24.3 Å². The van der Waals surface area contributed by atoms with E-state index in [2.05, 4.69) is 26.1 Å². The quantitative estimate of drug-likeness (QED) is 0.850. The average molecular weight is 255 g/mol. The lowest BCUT2D eigenvalue weighted by Crippen LogP contribution is -2.36. The number of hydrogen-bond acceptors (Lipinski definition) is 3. The minimum absolute atomic E-state index is 0.00570. The summed E-state index contributed by atoms with van der Waals surface area (Å²) in [6.07, 6.45) is -0.220. The van der Waals surface area contributed by atoms with Crippen LogP contribution in [0.15, 0.2) is 18.2 Å². The van der Waals surface area contributed by atoms with Gasteiger partial charge in [-0.15, -0.1) is 0 Å². The highest BCUT2D eigenvalue weighted by atomic mass is 19.1. The summed E-state index contributed by atoms with van der Waals surface area (Å²) in [7, 11) is 1.51. The maximum absolute atomic E-state index is 13.2. The van der Waals surface area contributed by atoms with Crippen molar-refractivity contribution in [2.75, 3.05) is 13.7 Å². The number of methoxy groups -OCH3 is 1. The first-order valence-corrected chi connectivity index (χ1v) is 6.10. The third kappa shape index (κ3) is 4.63. The molecule has 0 fully saturated rings. The minimum atomic E-state index is -0.731. The second-order valence-corrected chi connectivity index (χ2v) is 5.37. The zero-order chi connectivity index (χ0) is 13.8. The number of nitrogens with one attached hydrogen (secondary N) is 1. The Morgan fingerprint density at radius 2 is 2.06 bits per heavy atom. The summed E-state index contributed by atoms with van der Waals surface area (Å²) in [6, 6.07) is 4.17. The van der Waals surface area contributed by atoms with Crippen LogP contribution >= 0.6 is 0 Å². The molecule has 1 aromatic carbocycles. The molecule has 102 valence electrons. The van der Waals surface area contributed by atoms with E-state index < -0.39 is 6.10 Å². The molecule has 0 saturated heterocycles. The summed E-state index contributed by atoms with van der Waals surface area (Å²) < 4.78 is 18.3. The maximum atomic E-state index is 13.2. The monoisotopic (exact) mass is 255 g/mol. The van der Waals surface area contributed by atoms with E-state index in [1.807, 2.05) is 0 Å². The Bertz CT molecular complexity index is 388. The van der Waals surface area contributed by atoms with Gasteiger partial charge >= 0.3 is 0 Å². The molecule has 0 aliphatic rings. The Kier molecular flexibility index (Phi) is 5.11. The molecule has 4 heteroatoms. The summed E-state index contributed by atoms with van der Waals surface area (Å²) in [5.41, 5.74) is 0.499. The van der Waals surface area contributed by atoms with E-state index in [0.717, 1.165) is 0 Å². The number of ether oxygens (including phenoxy) is 1. The lowest BCUT2D eigenvalue weighted by molar-refractivity contribution is 0.159. The molecule has 1 aromatic rings. The van der Waals surface area contributed by atoms with Crippen molar-refractivity contribution >= 4 is 0 Å². The van der Waals surface area contributed by atoms with E-state index in [-0.39, 0.29) is 11.4 Å². The zero-order valence-electron chi connectivity index (χ0n) is 11.5. The van der Waals surface area contributed by atoms with Crippen LogP contribution < -0.4 is 10.1 Å². The van der Waals surface area contributed by atoms with Crippen molar-refractivity contribution in [1.29, 1.82) is 0 Å². The van der Waals surface area contributed by atoms with Gasteiger partial charge in [0.1, 0.15) is 11.6 Å². The highest BCUT2D eigenvalue weighted by Crippen LogP contribution is 2.27. The van der Waals surface area contributed by atoms with E-state index in [4.69, 9.17) is 4.74 Å². The number of aliphatic hydroxyl groups is 1. The van der Waals surface area contributed by atoms with Crippen LogP contribution in [0.5, 0.6) is 5.75 Å².